The molecular formula is C21H21N5O3. The van der Waals surface area contributed by atoms with E-state index in [-0.39, 0.29) is 6.04 Å². The highest BCUT2D eigenvalue weighted by molar-refractivity contribution is 5.63. The molecule has 0 bridgehead atoms. The fraction of sp³-hybridized carbons (Fsp3) is 0.333. The Labute approximate surface area is 167 Å². The predicted octanol–water partition coefficient (Wildman–Crippen LogP) is 4.20. The molecule has 2 aliphatic heterocycles. The van der Waals surface area contributed by atoms with E-state index in [0.717, 1.165) is 45.4 Å². The number of ether oxygens (including phenoxy) is 2. The standard InChI is InChI=1S/C21H21N5O3/c1-4-28-10-16-14-9-18-21(19-7-12(2)25-29-19)22-11-26(18)17-6-5-13(27-3)8-15(17)20(14)24-23-16/h5-8,11,20H,4,9-10H2,1-3H3. The Balaban J connectivity index is 1.72. The van der Waals surface area contributed by atoms with Crippen LogP contribution >= 0.6 is 0 Å². The summed E-state index contributed by atoms with van der Waals surface area (Å²) in [4.78, 5) is 4.65. The molecule has 0 spiro atoms. The predicted molar refractivity (Wildman–Crippen MR) is 105 cm³/mol. The van der Waals surface area contributed by atoms with Gasteiger partial charge in [0, 0.05) is 24.7 Å². The number of aryl methyl sites for hydroxylation is 1. The van der Waals surface area contributed by atoms with Crippen LogP contribution in [0.2, 0.25) is 0 Å². The van der Waals surface area contributed by atoms with Crippen LogP contribution in [-0.4, -0.2) is 35.0 Å². The topological polar surface area (TPSA) is 87.0 Å². The summed E-state index contributed by atoms with van der Waals surface area (Å²) in [6, 6.07) is 7.74. The van der Waals surface area contributed by atoms with Crippen LogP contribution in [0.15, 0.2) is 56.6 Å². The summed E-state index contributed by atoms with van der Waals surface area (Å²) in [5, 5.41) is 13.1. The number of rotatable bonds is 5. The number of nitrogens with zero attached hydrogens (tertiary/aromatic N) is 5. The Morgan fingerprint density at radius 3 is 2.93 bits per heavy atom. The summed E-state index contributed by atoms with van der Waals surface area (Å²) < 4.78 is 18.7. The molecule has 1 atom stereocenters. The van der Waals surface area contributed by atoms with Crippen molar-refractivity contribution >= 4 is 0 Å². The number of benzene rings is 1. The number of aromatic nitrogens is 3. The lowest BCUT2D eigenvalue weighted by Crippen LogP contribution is -2.04. The van der Waals surface area contributed by atoms with Gasteiger partial charge in [-0.05, 0) is 37.6 Å². The summed E-state index contributed by atoms with van der Waals surface area (Å²) in [5.74, 6) is 1.44. The molecule has 1 aromatic carbocycles. The van der Waals surface area contributed by atoms with Gasteiger partial charge in [0.2, 0.25) is 0 Å². The minimum absolute atomic E-state index is 0.167. The summed E-state index contributed by atoms with van der Waals surface area (Å²) in [6.07, 6.45) is 2.47. The highest BCUT2D eigenvalue weighted by Gasteiger charge is 2.34. The molecule has 5 rings (SSSR count). The molecule has 8 nitrogen and oxygen atoms in total. The molecular weight excluding hydrogens is 370 g/mol. The summed E-state index contributed by atoms with van der Waals surface area (Å²) >= 11 is 0. The number of methoxy groups -OCH3 is 1. The second-order valence-electron chi connectivity index (χ2n) is 7.07. The maximum atomic E-state index is 5.64. The fourth-order valence-electron chi connectivity index (χ4n) is 3.90. The first kappa shape index (κ1) is 17.8. The van der Waals surface area contributed by atoms with Crippen LogP contribution in [0.5, 0.6) is 5.75 Å². The van der Waals surface area contributed by atoms with Gasteiger partial charge < -0.3 is 18.6 Å². The average molecular weight is 391 g/mol. The molecule has 0 fully saturated rings. The molecule has 3 aromatic rings. The van der Waals surface area contributed by atoms with E-state index in [9.17, 15) is 0 Å². The monoisotopic (exact) mass is 391 g/mol. The van der Waals surface area contributed by atoms with Gasteiger partial charge in [-0.2, -0.15) is 10.2 Å². The molecule has 0 radical (unpaired) electrons. The quantitative estimate of drug-likeness (QED) is 0.651. The maximum absolute atomic E-state index is 5.64. The van der Waals surface area contributed by atoms with Crippen molar-refractivity contribution < 1.29 is 14.0 Å². The molecule has 148 valence electrons. The SMILES string of the molecule is CCOCC1=C2Cc3c(-c4cc(C)no4)ncn3-c3ccc(OC)cc3C2N=N1. The van der Waals surface area contributed by atoms with Crippen LogP contribution < -0.4 is 4.74 Å². The molecule has 4 heterocycles. The van der Waals surface area contributed by atoms with E-state index < -0.39 is 0 Å². The molecule has 0 aliphatic carbocycles. The van der Waals surface area contributed by atoms with Gasteiger partial charge >= 0.3 is 0 Å². The van der Waals surface area contributed by atoms with Crippen molar-refractivity contribution in [3.05, 3.63) is 58.8 Å². The lowest BCUT2D eigenvalue weighted by Gasteiger charge is -2.14. The number of hydrogen-bond donors (Lipinski definition) is 0. The van der Waals surface area contributed by atoms with Crippen molar-refractivity contribution in [2.75, 3.05) is 20.3 Å². The molecule has 0 saturated heterocycles. The molecule has 0 saturated carbocycles. The largest absolute Gasteiger partial charge is 0.497 e. The van der Waals surface area contributed by atoms with Crippen molar-refractivity contribution in [2.45, 2.75) is 26.3 Å². The number of imidazole rings is 1. The van der Waals surface area contributed by atoms with Gasteiger partial charge in [-0.1, -0.05) is 5.16 Å². The van der Waals surface area contributed by atoms with Gasteiger partial charge in [-0.25, -0.2) is 4.98 Å². The molecule has 1 unspecified atom stereocenters. The Morgan fingerprint density at radius 1 is 1.28 bits per heavy atom. The highest BCUT2D eigenvalue weighted by atomic mass is 16.5. The van der Waals surface area contributed by atoms with Crippen LogP contribution in [0.4, 0.5) is 0 Å². The Morgan fingerprint density at radius 2 is 2.17 bits per heavy atom. The zero-order valence-corrected chi connectivity index (χ0v) is 16.5. The highest BCUT2D eigenvalue weighted by Crippen LogP contribution is 2.44. The van der Waals surface area contributed by atoms with Crippen LogP contribution in [0.3, 0.4) is 0 Å². The van der Waals surface area contributed by atoms with E-state index in [1.165, 1.54) is 0 Å². The summed E-state index contributed by atoms with van der Waals surface area (Å²) in [7, 11) is 1.67. The first-order valence-electron chi connectivity index (χ1n) is 9.58. The average Bonchev–Trinajstić information content (AvgIpc) is 3.43. The molecule has 0 amide bonds. The third kappa shape index (κ3) is 2.87. The summed E-state index contributed by atoms with van der Waals surface area (Å²) in [6.45, 7) is 4.94. The van der Waals surface area contributed by atoms with Crippen LogP contribution in [-0.2, 0) is 11.2 Å². The van der Waals surface area contributed by atoms with Gasteiger partial charge in [-0.15, -0.1) is 0 Å². The lowest BCUT2D eigenvalue weighted by atomic mass is 9.95. The van der Waals surface area contributed by atoms with Gasteiger partial charge in [0.1, 0.15) is 23.8 Å². The van der Waals surface area contributed by atoms with Crippen LogP contribution in [0, 0.1) is 6.92 Å². The van der Waals surface area contributed by atoms with E-state index >= 15 is 0 Å². The molecule has 29 heavy (non-hydrogen) atoms. The van der Waals surface area contributed by atoms with Gasteiger partial charge in [0.25, 0.3) is 0 Å². The zero-order chi connectivity index (χ0) is 20.0. The van der Waals surface area contributed by atoms with Crippen LogP contribution in [0.25, 0.3) is 17.1 Å². The Hall–Kier alpha value is -3.26. The Kier molecular flexibility index (Phi) is 4.28. The van der Waals surface area contributed by atoms with Crippen LogP contribution in [0.1, 0.15) is 29.9 Å². The second kappa shape index (κ2) is 6.97. The van der Waals surface area contributed by atoms with Crippen molar-refractivity contribution in [3.8, 4) is 22.9 Å². The lowest BCUT2D eigenvalue weighted by molar-refractivity contribution is 0.169. The number of fused-ring (bicyclic) bond motifs is 5. The fourth-order valence-corrected chi connectivity index (χ4v) is 3.90. The normalized spacial score (nSPS) is 17.1. The first-order valence-corrected chi connectivity index (χ1v) is 9.58. The van der Waals surface area contributed by atoms with Crippen molar-refractivity contribution in [3.63, 3.8) is 0 Å². The van der Waals surface area contributed by atoms with Crippen molar-refractivity contribution in [1.82, 2.24) is 14.7 Å². The van der Waals surface area contributed by atoms with E-state index in [1.54, 1.807) is 7.11 Å². The van der Waals surface area contributed by atoms with Gasteiger partial charge in [0.15, 0.2) is 5.76 Å². The molecule has 2 aliphatic rings. The number of hydrogen-bond acceptors (Lipinski definition) is 7. The van der Waals surface area contributed by atoms with Gasteiger partial charge in [0.05, 0.1) is 36.5 Å². The van der Waals surface area contributed by atoms with E-state index in [0.29, 0.717) is 25.4 Å². The van der Waals surface area contributed by atoms with E-state index in [4.69, 9.17) is 14.0 Å². The summed E-state index contributed by atoms with van der Waals surface area (Å²) in [5.41, 5.74) is 6.65. The molecule has 0 N–H and O–H groups in total. The minimum Gasteiger partial charge on any atom is -0.497 e. The Bertz CT molecular complexity index is 1140. The van der Waals surface area contributed by atoms with Crippen molar-refractivity contribution in [2.24, 2.45) is 10.2 Å². The minimum atomic E-state index is -0.167. The molecule has 2 aromatic heterocycles. The third-order valence-electron chi connectivity index (χ3n) is 5.31. The van der Waals surface area contributed by atoms with Gasteiger partial charge in [-0.3, -0.25) is 0 Å². The van der Waals surface area contributed by atoms with Crippen molar-refractivity contribution in [1.29, 1.82) is 0 Å². The maximum Gasteiger partial charge on any atom is 0.187 e. The smallest absolute Gasteiger partial charge is 0.187 e. The van der Waals surface area contributed by atoms with E-state index in [1.807, 2.05) is 44.4 Å². The first-order chi connectivity index (χ1) is 14.2. The second-order valence-corrected chi connectivity index (χ2v) is 7.07. The zero-order valence-electron chi connectivity index (χ0n) is 16.5. The number of azo groups is 1. The van der Waals surface area contributed by atoms with E-state index in [2.05, 4.69) is 24.9 Å². The third-order valence-corrected chi connectivity index (χ3v) is 5.31. The molecule has 8 heteroatoms.